The van der Waals surface area contributed by atoms with Crippen LogP contribution in [0.4, 0.5) is 5.69 Å². The summed E-state index contributed by atoms with van der Waals surface area (Å²) in [6.45, 7) is 6.25. The Morgan fingerprint density at radius 2 is 1.96 bits per heavy atom. The zero-order valence-electron chi connectivity index (χ0n) is 13.3. The van der Waals surface area contributed by atoms with Crippen LogP contribution in [-0.4, -0.2) is 23.9 Å². The zero-order valence-corrected chi connectivity index (χ0v) is 13.3. The summed E-state index contributed by atoms with van der Waals surface area (Å²) in [5.41, 5.74) is 10.2. The number of aliphatic hydroxyl groups excluding tert-OH is 1. The van der Waals surface area contributed by atoms with E-state index in [0.717, 1.165) is 30.0 Å². The molecule has 0 saturated carbocycles. The molecule has 0 spiro atoms. The lowest BCUT2D eigenvalue weighted by molar-refractivity contribution is 0.232. The van der Waals surface area contributed by atoms with Gasteiger partial charge in [-0.25, -0.2) is 0 Å². The Kier molecular flexibility index (Phi) is 4.11. The maximum Gasteiger partial charge on any atom is 0.122 e. The third-order valence-corrected chi connectivity index (χ3v) is 4.22. The summed E-state index contributed by atoms with van der Waals surface area (Å²) in [5.74, 6) is 0.995. The van der Waals surface area contributed by atoms with E-state index in [9.17, 15) is 5.11 Å². The van der Waals surface area contributed by atoms with Crippen molar-refractivity contribution in [1.82, 2.24) is 0 Å². The molecule has 0 aliphatic carbocycles. The van der Waals surface area contributed by atoms with Crippen molar-refractivity contribution in [3.63, 3.8) is 0 Å². The molecule has 0 fully saturated rings. The lowest BCUT2D eigenvalue weighted by atomic mass is 10.00. The van der Waals surface area contributed by atoms with Crippen molar-refractivity contribution in [3.8, 4) is 16.9 Å². The van der Waals surface area contributed by atoms with Gasteiger partial charge in [0.05, 0.1) is 18.8 Å². The highest BCUT2D eigenvalue weighted by molar-refractivity contribution is 5.68. The highest BCUT2D eigenvalue weighted by atomic mass is 16.5. The largest absolute Gasteiger partial charge is 0.493 e. The normalized spacial score (nSPS) is 15.4. The second-order valence-electron chi connectivity index (χ2n) is 6.18. The molecule has 2 aromatic carbocycles. The number of nitrogens with two attached hydrogens (primary N) is 1. The summed E-state index contributed by atoms with van der Waals surface area (Å²) in [7, 11) is 0. The molecule has 4 nitrogen and oxygen atoms in total. The molecule has 23 heavy (non-hydrogen) atoms. The van der Waals surface area contributed by atoms with Gasteiger partial charge in [-0.15, -0.1) is 0 Å². The molecule has 1 atom stereocenters. The molecular weight excluding hydrogens is 288 g/mol. The molecule has 4 N–H and O–H groups in total. The van der Waals surface area contributed by atoms with Crippen molar-refractivity contribution >= 4 is 5.69 Å². The van der Waals surface area contributed by atoms with Crippen LogP contribution >= 0.6 is 0 Å². The zero-order chi connectivity index (χ0) is 16.4. The molecule has 4 heteroatoms. The number of benzene rings is 2. The van der Waals surface area contributed by atoms with E-state index in [2.05, 4.69) is 36.2 Å². The van der Waals surface area contributed by atoms with Crippen molar-refractivity contribution in [2.24, 2.45) is 5.73 Å². The van der Waals surface area contributed by atoms with Gasteiger partial charge >= 0.3 is 0 Å². The van der Waals surface area contributed by atoms with E-state index in [4.69, 9.17) is 10.5 Å². The van der Waals surface area contributed by atoms with Gasteiger partial charge in [-0.2, -0.15) is 0 Å². The fourth-order valence-corrected chi connectivity index (χ4v) is 2.52. The molecule has 1 aliphatic heterocycles. The highest BCUT2D eigenvalue weighted by Gasteiger charge is 2.21. The van der Waals surface area contributed by atoms with Gasteiger partial charge < -0.3 is 20.9 Å². The van der Waals surface area contributed by atoms with E-state index in [-0.39, 0.29) is 6.61 Å². The molecule has 120 valence electrons. The summed E-state index contributed by atoms with van der Waals surface area (Å²) in [5, 5.41) is 12.4. The van der Waals surface area contributed by atoms with Crippen LogP contribution in [0.2, 0.25) is 0 Å². The van der Waals surface area contributed by atoms with Gasteiger partial charge in [-0.1, -0.05) is 24.8 Å². The summed E-state index contributed by atoms with van der Waals surface area (Å²) in [4.78, 5) is 0. The third-order valence-electron chi connectivity index (χ3n) is 4.22. The van der Waals surface area contributed by atoms with E-state index in [1.807, 2.05) is 18.2 Å². The van der Waals surface area contributed by atoms with Gasteiger partial charge in [-0.05, 0) is 47.9 Å². The monoisotopic (exact) mass is 310 g/mol. The first kappa shape index (κ1) is 15.6. The lowest BCUT2D eigenvalue weighted by Crippen LogP contribution is -2.44. The minimum Gasteiger partial charge on any atom is -0.493 e. The Morgan fingerprint density at radius 3 is 2.65 bits per heavy atom. The standard InChI is InChI=1S/C19H22N2O2/c1-13(19(2,20)12-22)21-17-6-3-14(4-7-17)15-5-8-18-16(11-15)9-10-23-18/h3-8,11,21-22H,1,9-10,12,20H2,2H3/t19-/m0/s1. The van der Waals surface area contributed by atoms with E-state index in [0.29, 0.717) is 5.70 Å². The second-order valence-corrected chi connectivity index (χ2v) is 6.18. The molecule has 3 rings (SSSR count). The first-order valence-corrected chi connectivity index (χ1v) is 7.72. The van der Waals surface area contributed by atoms with Gasteiger partial charge in [0.15, 0.2) is 0 Å². The maximum absolute atomic E-state index is 9.28. The summed E-state index contributed by atoms with van der Waals surface area (Å²) < 4.78 is 5.54. The third kappa shape index (κ3) is 3.23. The van der Waals surface area contributed by atoms with Crippen molar-refractivity contribution < 1.29 is 9.84 Å². The van der Waals surface area contributed by atoms with Gasteiger partial charge in [-0.3, -0.25) is 0 Å². The smallest absolute Gasteiger partial charge is 0.122 e. The van der Waals surface area contributed by atoms with Crippen LogP contribution in [0.25, 0.3) is 11.1 Å². The number of fused-ring (bicyclic) bond motifs is 1. The SMILES string of the molecule is C=C(Nc1ccc(-c2ccc3c(c2)CCO3)cc1)[C@@](C)(N)CO. The Labute approximate surface area is 136 Å². The Hall–Kier alpha value is -2.30. The summed E-state index contributed by atoms with van der Waals surface area (Å²) >= 11 is 0. The van der Waals surface area contributed by atoms with Crippen molar-refractivity contribution in [3.05, 3.63) is 60.3 Å². The van der Waals surface area contributed by atoms with Crippen LogP contribution in [0.5, 0.6) is 5.75 Å². The highest BCUT2D eigenvalue weighted by Crippen LogP contribution is 2.31. The lowest BCUT2D eigenvalue weighted by Gasteiger charge is -2.25. The maximum atomic E-state index is 9.28. The van der Waals surface area contributed by atoms with E-state index < -0.39 is 5.54 Å². The molecule has 1 heterocycles. The van der Waals surface area contributed by atoms with Gasteiger partial charge in [0, 0.05) is 17.8 Å². The van der Waals surface area contributed by atoms with Gasteiger partial charge in [0.25, 0.3) is 0 Å². The number of aliphatic hydroxyl groups is 1. The minimum absolute atomic E-state index is 0.159. The van der Waals surface area contributed by atoms with Crippen LogP contribution in [-0.2, 0) is 6.42 Å². The second kappa shape index (κ2) is 6.07. The predicted octanol–water partition coefficient (Wildman–Crippen LogP) is 2.92. The molecule has 0 saturated heterocycles. The van der Waals surface area contributed by atoms with Crippen molar-refractivity contribution in [2.75, 3.05) is 18.5 Å². The van der Waals surface area contributed by atoms with Crippen molar-refractivity contribution in [2.45, 2.75) is 18.9 Å². The van der Waals surface area contributed by atoms with E-state index in [1.165, 1.54) is 11.1 Å². The number of hydrogen-bond acceptors (Lipinski definition) is 4. The molecule has 2 aromatic rings. The van der Waals surface area contributed by atoms with Gasteiger partial charge in [0.1, 0.15) is 5.75 Å². The Morgan fingerprint density at radius 1 is 1.26 bits per heavy atom. The molecule has 0 unspecified atom stereocenters. The number of rotatable bonds is 5. The Balaban J connectivity index is 1.76. The number of anilines is 1. The summed E-state index contributed by atoms with van der Waals surface area (Å²) in [6, 6.07) is 14.4. The average molecular weight is 310 g/mol. The number of nitrogens with one attached hydrogen (secondary N) is 1. The van der Waals surface area contributed by atoms with Crippen LogP contribution in [0, 0.1) is 0 Å². The van der Waals surface area contributed by atoms with Gasteiger partial charge in [0.2, 0.25) is 0 Å². The van der Waals surface area contributed by atoms with E-state index in [1.54, 1.807) is 6.92 Å². The number of hydrogen-bond donors (Lipinski definition) is 3. The average Bonchev–Trinajstić information content (AvgIpc) is 3.03. The molecule has 0 radical (unpaired) electrons. The molecule has 1 aliphatic rings. The Bertz CT molecular complexity index is 721. The van der Waals surface area contributed by atoms with Crippen LogP contribution < -0.4 is 15.8 Å². The van der Waals surface area contributed by atoms with Crippen LogP contribution in [0.1, 0.15) is 12.5 Å². The number of ether oxygens (including phenoxy) is 1. The fourth-order valence-electron chi connectivity index (χ4n) is 2.52. The topological polar surface area (TPSA) is 67.5 Å². The predicted molar refractivity (Wildman–Crippen MR) is 93.5 cm³/mol. The molecule has 0 amide bonds. The molecule has 0 bridgehead atoms. The quantitative estimate of drug-likeness (QED) is 0.794. The van der Waals surface area contributed by atoms with Crippen LogP contribution in [0.15, 0.2) is 54.7 Å². The van der Waals surface area contributed by atoms with Crippen molar-refractivity contribution in [1.29, 1.82) is 0 Å². The fraction of sp³-hybridized carbons (Fsp3) is 0.263. The van der Waals surface area contributed by atoms with Crippen LogP contribution in [0.3, 0.4) is 0 Å². The summed E-state index contributed by atoms with van der Waals surface area (Å²) in [6.07, 6.45) is 0.971. The minimum atomic E-state index is -0.849. The molecule has 0 aromatic heterocycles. The van der Waals surface area contributed by atoms with E-state index >= 15 is 0 Å². The first-order chi connectivity index (χ1) is 11.0. The first-order valence-electron chi connectivity index (χ1n) is 7.72. The molecular formula is C19H22N2O2.